The second-order valence-corrected chi connectivity index (χ2v) is 15.8. The molecular formula is C54H34O6. The van der Waals surface area contributed by atoms with Gasteiger partial charge in [-0.1, -0.05) is 114 Å². The molecule has 0 amide bonds. The maximum atomic E-state index is 13.9. The van der Waals surface area contributed by atoms with Crippen molar-refractivity contribution in [3.63, 3.8) is 0 Å². The fourth-order valence-electron chi connectivity index (χ4n) is 8.70. The van der Waals surface area contributed by atoms with Crippen molar-refractivity contribution in [1.82, 2.24) is 0 Å². The van der Waals surface area contributed by atoms with Crippen LogP contribution in [0.2, 0.25) is 0 Å². The fourth-order valence-corrected chi connectivity index (χ4v) is 8.70. The van der Waals surface area contributed by atoms with E-state index in [-0.39, 0.29) is 0 Å². The average molecular weight is 779 g/mol. The maximum Gasteiger partial charge on any atom is 0.344 e. The topological polar surface area (TPSA) is 90.6 Å². The van der Waals surface area contributed by atoms with Gasteiger partial charge in [0.25, 0.3) is 0 Å². The van der Waals surface area contributed by atoms with E-state index in [0.29, 0.717) is 50.1 Å². The molecule has 0 N–H and O–H groups in total. The van der Waals surface area contributed by atoms with Gasteiger partial charge in [0.2, 0.25) is 0 Å². The molecule has 0 saturated carbocycles. The molecule has 0 aliphatic carbocycles. The zero-order chi connectivity index (χ0) is 40.8. The normalized spacial score (nSPS) is 11.8. The van der Waals surface area contributed by atoms with Crippen LogP contribution in [0.15, 0.2) is 179 Å². The Kier molecular flexibility index (Phi) is 7.87. The highest BCUT2D eigenvalue weighted by Gasteiger charge is 2.18. The van der Waals surface area contributed by atoms with E-state index in [4.69, 9.17) is 13.3 Å². The van der Waals surface area contributed by atoms with Crippen LogP contribution in [-0.4, -0.2) is 0 Å². The summed E-state index contributed by atoms with van der Waals surface area (Å²) >= 11 is 0. The van der Waals surface area contributed by atoms with E-state index in [0.717, 1.165) is 76.3 Å². The summed E-state index contributed by atoms with van der Waals surface area (Å²) in [5.74, 6) is 0. The maximum absolute atomic E-state index is 13.9. The number of aryl methyl sites for hydroxylation is 3. The molecule has 0 unspecified atom stereocenters. The van der Waals surface area contributed by atoms with Gasteiger partial charge in [-0.3, -0.25) is 0 Å². The van der Waals surface area contributed by atoms with Gasteiger partial charge in [0.1, 0.15) is 16.7 Å². The molecule has 0 aliphatic rings. The predicted octanol–water partition coefficient (Wildman–Crippen LogP) is 13.1. The molecule has 0 radical (unpaired) electrons. The molecule has 0 saturated heterocycles. The third-order valence-electron chi connectivity index (χ3n) is 11.7. The van der Waals surface area contributed by atoms with Crippen LogP contribution in [0.3, 0.4) is 0 Å². The van der Waals surface area contributed by atoms with Gasteiger partial charge in [0, 0.05) is 16.2 Å². The van der Waals surface area contributed by atoms with Crippen LogP contribution < -0.4 is 16.9 Å². The molecule has 3 heterocycles. The Morgan fingerprint density at radius 3 is 1.00 bits per heavy atom. The lowest BCUT2D eigenvalue weighted by atomic mass is 9.92. The Morgan fingerprint density at radius 1 is 0.283 bits per heavy atom. The number of fused-ring (bicyclic) bond motifs is 9. The minimum Gasteiger partial charge on any atom is -0.422 e. The minimum absolute atomic E-state index is 0.359. The van der Waals surface area contributed by atoms with Crippen molar-refractivity contribution in [2.45, 2.75) is 20.8 Å². The van der Waals surface area contributed by atoms with Crippen molar-refractivity contribution < 1.29 is 13.3 Å². The molecule has 0 aliphatic heterocycles. The molecule has 6 nitrogen and oxygen atoms in total. The Hall–Kier alpha value is -7.83. The van der Waals surface area contributed by atoms with E-state index in [1.165, 1.54) is 0 Å². The summed E-state index contributed by atoms with van der Waals surface area (Å²) in [6, 6.07) is 49.1. The van der Waals surface area contributed by atoms with E-state index in [1.54, 1.807) is 0 Å². The van der Waals surface area contributed by atoms with Crippen molar-refractivity contribution in [2.24, 2.45) is 0 Å². The molecule has 0 spiro atoms. The van der Waals surface area contributed by atoms with Gasteiger partial charge >= 0.3 is 16.9 Å². The predicted molar refractivity (Wildman–Crippen MR) is 243 cm³/mol. The highest BCUT2D eigenvalue weighted by atomic mass is 16.4. The summed E-state index contributed by atoms with van der Waals surface area (Å²) in [6.07, 6.45) is 0. The SMILES string of the molecule is Cc1ccc2c(ccc3oc(=O)c(-c4ccc(-c5cc(-c6cc7c(ccc8cc(C)ccc87)oc6=O)cc(-c6cc7c(ccc8cc(C)ccc87)oc6=O)c5)cc4)cc32)c1. The summed E-state index contributed by atoms with van der Waals surface area (Å²) < 4.78 is 17.8. The standard InChI is InChI=1S/C54H34O6/c1-29-4-14-40-34(20-29)11-17-49-46(40)26-43(52(55)58-49)33-9-7-32(8-10-33)37-23-38(44-27-47-41-15-5-30(2)21-35(41)12-18-50(47)59-53(44)56)25-39(24-37)45-28-48-42-16-6-31(3)22-36(42)13-19-51(48)60-54(45)57/h4-28H,1-3H3. The van der Waals surface area contributed by atoms with Gasteiger partial charge in [-0.25, -0.2) is 14.4 Å². The molecule has 0 atom stereocenters. The van der Waals surface area contributed by atoms with Crippen molar-refractivity contribution >= 4 is 65.2 Å². The number of hydrogen-bond donors (Lipinski definition) is 0. The lowest BCUT2D eigenvalue weighted by Gasteiger charge is -2.13. The lowest BCUT2D eigenvalue weighted by Crippen LogP contribution is -2.05. The molecule has 8 aromatic carbocycles. The highest BCUT2D eigenvalue weighted by Crippen LogP contribution is 2.37. The number of rotatable bonds is 4. The van der Waals surface area contributed by atoms with E-state index >= 15 is 0 Å². The Bertz CT molecular complexity index is 3650. The van der Waals surface area contributed by atoms with Gasteiger partial charge in [-0.2, -0.15) is 0 Å². The van der Waals surface area contributed by atoms with E-state index in [9.17, 15) is 14.4 Å². The van der Waals surface area contributed by atoms with Crippen LogP contribution >= 0.6 is 0 Å². The zero-order valence-electron chi connectivity index (χ0n) is 32.9. The molecular weight excluding hydrogens is 745 g/mol. The van der Waals surface area contributed by atoms with Gasteiger partial charge in [-0.15, -0.1) is 0 Å². The third kappa shape index (κ3) is 5.84. The van der Waals surface area contributed by atoms with Crippen LogP contribution in [0.5, 0.6) is 0 Å². The monoisotopic (exact) mass is 778 g/mol. The summed E-state index contributed by atoms with van der Waals surface area (Å²) in [4.78, 5) is 41.1. The van der Waals surface area contributed by atoms with Gasteiger partial charge < -0.3 is 13.3 Å². The van der Waals surface area contributed by atoms with Gasteiger partial charge in [0.05, 0.1) is 16.7 Å². The molecule has 3 aromatic heterocycles. The average Bonchev–Trinajstić information content (AvgIpc) is 3.25. The van der Waals surface area contributed by atoms with Crippen molar-refractivity contribution in [1.29, 1.82) is 0 Å². The van der Waals surface area contributed by atoms with E-state index in [2.05, 4.69) is 37.3 Å². The van der Waals surface area contributed by atoms with Crippen LogP contribution in [0.1, 0.15) is 16.7 Å². The molecule has 0 fully saturated rings. The number of hydrogen-bond acceptors (Lipinski definition) is 6. The second kappa shape index (κ2) is 13.4. The van der Waals surface area contributed by atoms with E-state index in [1.807, 2.05) is 135 Å². The second-order valence-electron chi connectivity index (χ2n) is 15.8. The molecule has 286 valence electrons. The Balaban J connectivity index is 1.10. The molecule has 11 rings (SSSR count). The molecule has 11 aromatic rings. The van der Waals surface area contributed by atoms with Crippen molar-refractivity contribution in [3.05, 3.63) is 200 Å². The van der Waals surface area contributed by atoms with Crippen molar-refractivity contribution in [2.75, 3.05) is 0 Å². The van der Waals surface area contributed by atoms with Crippen LogP contribution in [0, 0.1) is 20.8 Å². The first kappa shape index (κ1) is 35.3. The van der Waals surface area contributed by atoms with E-state index < -0.39 is 16.9 Å². The summed E-state index contributed by atoms with van der Waals surface area (Å²) in [5, 5.41) is 8.56. The first-order valence-electron chi connectivity index (χ1n) is 19.8. The molecule has 60 heavy (non-hydrogen) atoms. The van der Waals surface area contributed by atoms with Crippen LogP contribution in [-0.2, 0) is 0 Å². The zero-order valence-corrected chi connectivity index (χ0v) is 32.9. The quantitative estimate of drug-likeness (QED) is 0.130. The summed E-state index contributed by atoms with van der Waals surface area (Å²) in [6.45, 7) is 6.15. The first-order valence-corrected chi connectivity index (χ1v) is 19.8. The lowest BCUT2D eigenvalue weighted by molar-refractivity contribution is 0.563. The fraction of sp³-hybridized carbons (Fsp3) is 0.0556. The summed E-state index contributed by atoms with van der Waals surface area (Å²) in [5.41, 5.74) is 8.09. The highest BCUT2D eigenvalue weighted by molar-refractivity contribution is 6.09. The van der Waals surface area contributed by atoms with Crippen LogP contribution in [0.25, 0.3) is 110 Å². The third-order valence-corrected chi connectivity index (χ3v) is 11.7. The molecule has 0 bridgehead atoms. The van der Waals surface area contributed by atoms with Gasteiger partial charge in [0.15, 0.2) is 0 Å². The molecule has 6 heteroatoms. The Labute approximate surface area is 342 Å². The Morgan fingerprint density at radius 2 is 0.617 bits per heavy atom. The van der Waals surface area contributed by atoms with Crippen LogP contribution in [0.4, 0.5) is 0 Å². The van der Waals surface area contributed by atoms with Gasteiger partial charge in [-0.05, 0) is 136 Å². The van der Waals surface area contributed by atoms with Crippen molar-refractivity contribution in [3.8, 4) is 44.5 Å². The number of benzene rings is 8. The minimum atomic E-state index is -0.495. The summed E-state index contributed by atoms with van der Waals surface area (Å²) in [7, 11) is 0. The smallest absolute Gasteiger partial charge is 0.344 e. The first-order chi connectivity index (χ1) is 29.1. The largest absolute Gasteiger partial charge is 0.422 e.